The quantitative estimate of drug-likeness (QED) is 0.661. The summed E-state index contributed by atoms with van der Waals surface area (Å²) in [5, 5.41) is 1.11. The number of hydrogen-bond donors (Lipinski definition) is 0. The fourth-order valence-corrected chi connectivity index (χ4v) is 2.12. The molecule has 0 atom stereocenters. The third-order valence-electron chi connectivity index (χ3n) is 3.49. The first kappa shape index (κ1) is 11.8. The van der Waals surface area contributed by atoms with Crippen molar-refractivity contribution in [3.63, 3.8) is 0 Å². The van der Waals surface area contributed by atoms with E-state index in [4.69, 9.17) is 0 Å². The number of benzene rings is 1. The van der Waals surface area contributed by atoms with E-state index < -0.39 is 0 Å². The molecular weight excluding hydrogens is 234 g/mol. The van der Waals surface area contributed by atoms with E-state index in [2.05, 4.69) is 34.0 Å². The molecule has 2 heterocycles. The lowest BCUT2D eigenvalue weighted by molar-refractivity contribution is 1.02. The van der Waals surface area contributed by atoms with Crippen LogP contribution in [0.25, 0.3) is 22.3 Å². The van der Waals surface area contributed by atoms with Gasteiger partial charge >= 0.3 is 0 Å². The maximum Gasteiger partial charge on any atom is 0.159 e. The molecule has 0 unspecified atom stereocenters. The number of fused-ring (bicyclic) bond motifs is 1. The van der Waals surface area contributed by atoms with Gasteiger partial charge in [-0.3, -0.25) is 4.98 Å². The average Bonchev–Trinajstić information content (AvgIpc) is 2.43. The molecule has 0 radical (unpaired) electrons. The molecule has 0 aliphatic heterocycles. The van der Waals surface area contributed by atoms with Crippen molar-refractivity contribution in [2.45, 2.75) is 20.8 Å². The molecule has 0 saturated carbocycles. The summed E-state index contributed by atoms with van der Waals surface area (Å²) in [4.78, 5) is 13.5. The standard InChI is InChI=1S/C16H15N3/c1-10-11(2)18-16(19-12(10)3)14-6-7-15-13(9-14)5-4-8-17-15/h4-9H,1-3H3. The lowest BCUT2D eigenvalue weighted by atomic mass is 10.1. The third kappa shape index (κ3) is 2.08. The van der Waals surface area contributed by atoms with E-state index in [-0.39, 0.29) is 0 Å². The Balaban J connectivity index is 2.19. The van der Waals surface area contributed by atoms with E-state index in [1.54, 1.807) is 6.20 Å². The van der Waals surface area contributed by atoms with Crippen molar-refractivity contribution in [1.29, 1.82) is 0 Å². The first-order valence-electron chi connectivity index (χ1n) is 6.32. The SMILES string of the molecule is Cc1nc(-c2ccc3ncccc3c2)nc(C)c1C. The lowest BCUT2D eigenvalue weighted by Crippen LogP contribution is -1.99. The summed E-state index contributed by atoms with van der Waals surface area (Å²) in [5.74, 6) is 0.784. The zero-order valence-corrected chi connectivity index (χ0v) is 11.3. The van der Waals surface area contributed by atoms with Crippen LogP contribution in [0.2, 0.25) is 0 Å². The number of aromatic nitrogens is 3. The third-order valence-corrected chi connectivity index (χ3v) is 3.49. The van der Waals surface area contributed by atoms with E-state index in [1.807, 2.05) is 32.0 Å². The van der Waals surface area contributed by atoms with Crippen LogP contribution in [0.1, 0.15) is 17.0 Å². The van der Waals surface area contributed by atoms with Gasteiger partial charge in [0, 0.05) is 28.5 Å². The van der Waals surface area contributed by atoms with Gasteiger partial charge in [-0.1, -0.05) is 6.07 Å². The van der Waals surface area contributed by atoms with E-state index in [0.717, 1.165) is 39.2 Å². The molecule has 0 bridgehead atoms. The van der Waals surface area contributed by atoms with Gasteiger partial charge in [-0.05, 0) is 50.6 Å². The van der Waals surface area contributed by atoms with Crippen molar-refractivity contribution < 1.29 is 0 Å². The molecule has 19 heavy (non-hydrogen) atoms. The molecule has 0 spiro atoms. The largest absolute Gasteiger partial charge is 0.256 e. The molecule has 2 aromatic heterocycles. The normalized spacial score (nSPS) is 10.9. The predicted molar refractivity (Wildman–Crippen MR) is 77.0 cm³/mol. The van der Waals surface area contributed by atoms with Crippen molar-refractivity contribution in [1.82, 2.24) is 15.0 Å². The fourth-order valence-electron chi connectivity index (χ4n) is 2.12. The van der Waals surface area contributed by atoms with Crippen molar-refractivity contribution in [2.75, 3.05) is 0 Å². The summed E-state index contributed by atoms with van der Waals surface area (Å²) in [6.07, 6.45) is 1.80. The highest BCUT2D eigenvalue weighted by Crippen LogP contribution is 2.22. The lowest BCUT2D eigenvalue weighted by Gasteiger charge is -2.07. The van der Waals surface area contributed by atoms with E-state index in [0.29, 0.717) is 0 Å². The molecule has 0 amide bonds. The Hall–Kier alpha value is -2.29. The Morgan fingerprint density at radius 3 is 2.37 bits per heavy atom. The summed E-state index contributed by atoms with van der Waals surface area (Å²) >= 11 is 0. The molecule has 0 aliphatic rings. The smallest absolute Gasteiger partial charge is 0.159 e. The average molecular weight is 249 g/mol. The summed E-state index contributed by atoms with van der Waals surface area (Å²) in [7, 11) is 0. The molecule has 1 aromatic carbocycles. The van der Waals surface area contributed by atoms with E-state index in [1.165, 1.54) is 0 Å². The highest BCUT2D eigenvalue weighted by atomic mass is 14.9. The Bertz CT molecular complexity index is 740. The molecule has 3 rings (SSSR count). The monoisotopic (exact) mass is 249 g/mol. The topological polar surface area (TPSA) is 38.7 Å². The van der Waals surface area contributed by atoms with E-state index >= 15 is 0 Å². The van der Waals surface area contributed by atoms with Crippen molar-refractivity contribution in [2.24, 2.45) is 0 Å². The van der Waals surface area contributed by atoms with E-state index in [9.17, 15) is 0 Å². The van der Waals surface area contributed by atoms with Crippen LogP contribution in [0, 0.1) is 20.8 Å². The van der Waals surface area contributed by atoms with Crippen LogP contribution in [0.15, 0.2) is 36.5 Å². The number of rotatable bonds is 1. The van der Waals surface area contributed by atoms with Crippen LogP contribution in [-0.4, -0.2) is 15.0 Å². The maximum absolute atomic E-state index is 4.58. The van der Waals surface area contributed by atoms with Gasteiger partial charge < -0.3 is 0 Å². The second-order valence-corrected chi connectivity index (χ2v) is 4.75. The number of pyridine rings is 1. The van der Waals surface area contributed by atoms with Crippen LogP contribution in [0.4, 0.5) is 0 Å². The Morgan fingerprint density at radius 1 is 0.895 bits per heavy atom. The number of aryl methyl sites for hydroxylation is 2. The van der Waals surface area contributed by atoms with Crippen molar-refractivity contribution in [3.05, 3.63) is 53.5 Å². The van der Waals surface area contributed by atoms with Crippen molar-refractivity contribution >= 4 is 10.9 Å². The predicted octanol–water partition coefficient (Wildman–Crippen LogP) is 3.62. The van der Waals surface area contributed by atoms with Gasteiger partial charge in [0.15, 0.2) is 5.82 Å². The molecule has 3 heteroatoms. The van der Waals surface area contributed by atoms with Crippen LogP contribution in [0.5, 0.6) is 0 Å². The highest BCUT2D eigenvalue weighted by Gasteiger charge is 2.07. The van der Waals surface area contributed by atoms with Gasteiger partial charge in [0.25, 0.3) is 0 Å². The Labute approximate surface area is 112 Å². The molecule has 3 nitrogen and oxygen atoms in total. The molecular formula is C16H15N3. The fraction of sp³-hybridized carbons (Fsp3) is 0.188. The minimum atomic E-state index is 0.784. The molecule has 0 aliphatic carbocycles. The summed E-state index contributed by atoms with van der Waals surface area (Å²) in [5.41, 5.74) is 5.26. The minimum Gasteiger partial charge on any atom is -0.256 e. The van der Waals surface area contributed by atoms with Gasteiger partial charge in [-0.2, -0.15) is 0 Å². The van der Waals surface area contributed by atoms with Crippen LogP contribution in [0.3, 0.4) is 0 Å². The van der Waals surface area contributed by atoms with Crippen LogP contribution < -0.4 is 0 Å². The number of nitrogens with zero attached hydrogens (tertiary/aromatic N) is 3. The zero-order chi connectivity index (χ0) is 13.4. The van der Waals surface area contributed by atoms with Gasteiger partial charge in [0.05, 0.1) is 5.52 Å². The zero-order valence-electron chi connectivity index (χ0n) is 11.3. The minimum absolute atomic E-state index is 0.784. The Kier molecular flexibility index (Phi) is 2.75. The summed E-state index contributed by atoms with van der Waals surface area (Å²) in [6, 6.07) is 10.1. The molecule has 3 aromatic rings. The van der Waals surface area contributed by atoms with Crippen LogP contribution in [-0.2, 0) is 0 Å². The van der Waals surface area contributed by atoms with Crippen LogP contribution >= 0.6 is 0 Å². The second-order valence-electron chi connectivity index (χ2n) is 4.75. The van der Waals surface area contributed by atoms with Gasteiger partial charge in [0.2, 0.25) is 0 Å². The summed E-state index contributed by atoms with van der Waals surface area (Å²) < 4.78 is 0. The molecule has 0 N–H and O–H groups in total. The first-order valence-corrected chi connectivity index (χ1v) is 6.32. The maximum atomic E-state index is 4.58. The summed E-state index contributed by atoms with van der Waals surface area (Å²) in [6.45, 7) is 6.10. The second kappa shape index (κ2) is 4.43. The molecule has 94 valence electrons. The van der Waals surface area contributed by atoms with Crippen molar-refractivity contribution in [3.8, 4) is 11.4 Å². The van der Waals surface area contributed by atoms with Gasteiger partial charge in [-0.15, -0.1) is 0 Å². The van der Waals surface area contributed by atoms with Gasteiger partial charge in [-0.25, -0.2) is 9.97 Å². The molecule has 0 fully saturated rings. The van der Waals surface area contributed by atoms with Gasteiger partial charge in [0.1, 0.15) is 0 Å². The molecule has 0 saturated heterocycles. The first-order chi connectivity index (χ1) is 9.15. The highest BCUT2D eigenvalue weighted by molar-refractivity contribution is 5.83. The number of hydrogen-bond acceptors (Lipinski definition) is 3. The Morgan fingerprint density at radius 2 is 1.63 bits per heavy atom.